The van der Waals surface area contributed by atoms with Gasteiger partial charge in [-0.3, -0.25) is 0 Å². The summed E-state index contributed by atoms with van der Waals surface area (Å²) in [6, 6.07) is 102. The van der Waals surface area contributed by atoms with Gasteiger partial charge < -0.3 is 9.47 Å². The molecule has 0 spiro atoms. The van der Waals surface area contributed by atoms with Crippen molar-refractivity contribution in [3.05, 3.63) is 301 Å². The van der Waals surface area contributed by atoms with Gasteiger partial charge in [0.1, 0.15) is 0 Å². The highest BCUT2D eigenvalue weighted by atomic mass is 15.2. The summed E-state index contributed by atoms with van der Waals surface area (Å²) in [5, 5.41) is 2.39. The zero-order valence-corrected chi connectivity index (χ0v) is 38.0. The highest BCUT2D eigenvalue weighted by Crippen LogP contribution is 2.58. The van der Waals surface area contributed by atoms with Gasteiger partial charge in [-0.2, -0.15) is 0 Å². The molecule has 324 valence electrons. The third-order valence-electron chi connectivity index (χ3n) is 14.3. The van der Waals surface area contributed by atoms with E-state index in [-0.39, 0.29) is 0 Å². The Bertz CT molecular complexity index is 3760. The van der Waals surface area contributed by atoms with E-state index in [1.54, 1.807) is 0 Å². The Morgan fingerprint density at radius 1 is 0.304 bits per heavy atom. The van der Waals surface area contributed by atoms with Crippen molar-refractivity contribution in [3.63, 3.8) is 0 Å². The number of nitrogens with zero attached hydrogens (tertiary/aromatic N) is 2. The minimum absolute atomic E-state index is 0.565. The summed E-state index contributed by atoms with van der Waals surface area (Å²) in [5.74, 6) is 0. The first-order chi connectivity index (χ1) is 34.3. The van der Waals surface area contributed by atoms with Crippen LogP contribution in [0.2, 0.25) is 0 Å². The molecule has 1 heterocycles. The van der Waals surface area contributed by atoms with E-state index in [2.05, 4.69) is 289 Å². The van der Waals surface area contributed by atoms with Crippen LogP contribution < -0.4 is 4.90 Å². The van der Waals surface area contributed by atoms with Gasteiger partial charge in [0.2, 0.25) is 0 Å². The third kappa shape index (κ3) is 6.56. The number of fused-ring (bicyclic) bond motifs is 6. The molecule has 0 fully saturated rings. The van der Waals surface area contributed by atoms with Crippen LogP contribution in [0.4, 0.5) is 17.1 Å². The second-order valence-corrected chi connectivity index (χ2v) is 18.0. The average molecular weight is 879 g/mol. The van der Waals surface area contributed by atoms with Crippen molar-refractivity contribution in [2.75, 3.05) is 4.90 Å². The molecule has 2 nitrogen and oxygen atoms in total. The van der Waals surface area contributed by atoms with E-state index < -0.39 is 5.41 Å². The largest absolute Gasteiger partial charge is 0.308 e. The summed E-state index contributed by atoms with van der Waals surface area (Å²) >= 11 is 0. The molecule has 0 N–H and O–H groups in total. The summed E-state index contributed by atoms with van der Waals surface area (Å²) in [6.45, 7) is 0. The van der Waals surface area contributed by atoms with Gasteiger partial charge in [-0.05, 0) is 110 Å². The van der Waals surface area contributed by atoms with Crippen molar-refractivity contribution in [3.8, 4) is 50.2 Å². The van der Waals surface area contributed by atoms with Gasteiger partial charge in [-0.1, -0.05) is 231 Å². The predicted molar refractivity (Wildman–Crippen MR) is 289 cm³/mol. The summed E-state index contributed by atoms with van der Waals surface area (Å²) in [7, 11) is 0. The van der Waals surface area contributed by atoms with Crippen LogP contribution in [0.25, 0.3) is 72.0 Å². The zero-order valence-electron chi connectivity index (χ0n) is 38.0. The van der Waals surface area contributed by atoms with E-state index in [1.807, 2.05) is 0 Å². The van der Waals surface area contributed by atoms with E-state index in [0.29, 0.717) is 0 Å². The fourth-order valence-corrected chi connectivity index (χ4v) is 11.3. The van der Waals surface area contributed by atoms with Gasteiger partial charge in [-0.25, -0.2) is 0 Å². The maximum atomic E-state index is 2.53. The molecule has 0 saturated heterocycles. The van der Waals surface area contributed by atoms with Gasteiger partial charge in [0.05, 0.1) is 27.8 Å². The SMILES string of the molecule is c1ccc(-c2ccc(-n3c4ccc(-c5ccccc5)cc4c4cccc(N(c5ccc6c(c5)C(c5ccccc5)(c5ccccc5)c5ccccc5-6)c5ccccc5-c5ccccc5)c43)cc2)cc1. The lowest BCUT2D eigenvalue weighted by molar-refractivity contribution is 0.768. The fraction of sp³-hybridized carbons (Fsp3) is 0.0149. The summed E-state index contributed by atoms with van der Waals surface area (Å²) in [5.41, 5.74) is 20.7. The van der Waals surface area contributed by atoms with Crippen molar-refractivity contribution >= 4 is 38.9 Å². The number of para-hydroxylation sites is 2. The molecule has 1 aromatic heterocycles. The van der Waals surface area contributed by atoms with Crippen LogP contribution in [0.1, 0.15) is 22.3 Å². The van der Waals surface area contributed by atoms with Gasteiger partial charge >= 0.3 is 0 Å². The molecular formula is C67H46N2. The molecular weight excluding hydrogens is 833 g/mol. The molecule has 2 heteroatoms. The van der Waals surface area contributed by atoms with Crippen LogP contribution in [0.15, 0.2) is 279 Å². The Kier molecular flexibility index (Phi) is 9.77. The zero-order chi connectivity index (χ0) is 45.7. The molecule has 69 heavy (non-hydrogen) atoms. The fourth-order valence-electron chi connectivity index (χ4n) is 11.3. The monoisotopic (exact) mass is 878 g/mol. The third-order valence-corrected chi connectivity index (χ3v) is 14.3. The molecule has 0 atom stereocenters. The van der Waals surface area contributed by atoms with E-state index in [9.17, 15) is 0 Å². The Labute approximate surface area is 403 Å². The topological polar surface area (TPSA) is 8.17 Å². The number of aromatic nitrogens is 1. The molecule has 0 saturated carbocycles. The normalized spacial score (nSPS) is 12.5. The minimum atomic E-state index is -0.565. The van der Waals surface area contributed by atoms with Crippen LogP contribution in [0, 0.1) is 0 Å². The number of hydrogen-bond donors (Lipinski definition) is 0. The van der Waals surface area contributed by atoms with E-state index in [4.69, 9.17) is 0 Å². The van der Waals surface area contributed by atoms with Crippen molar-refractivity contribution in [1.29, 1.82) is 0 Å². The summed E-state index contributed by atoms with van der Waals surface area (Å²) < 4.78 is 2.49. The van der Waals surface area contributed by atoms with Crippen LogP contribution in [0.5, 0.6) is 0 Å². The molecule has 1 aliphatic carbocycles. The number of benzene rings is 11. The molecule has 0 radical (unpaired) electrons. The van der Waals surface area contributed by atoms with Crippen LogP contribution in [-0.2, 0) is 5.41 Å². The van der Waals surface area contributed by atoms with Crippen molar-refractivity contribution in [2.45, 2.75) is 5.41 Å². The second-order valence-electron chi connectivity index (χ2n) is 18.0. The molecule has 0 bridgehead atoms. The summed E-state index contributed by atoms with van der Waals surface area (Å²) in [6.07, 6.45) is 0. The Morgan fingerprint density at radius 3 is 1.48 bits per heavy atom. The first kappa shape index (κ1) is 40.3. The quantitative estimate of drug-likeness (QED) is 0.140. The maximum absolute atomic E-state index is 2.53. The number of anilines is 3. The molecule has 1 aliphatic rings. The van der Waals surface area contributed by atoms with Gasteiger partial charge in [0.25, 0.3) is 0 Å². The van der Waals surface area contributed by atoms with Crippen LogP contribution in [-0.4, -0.2) is 4.57 Å². The van der Waals surface area contributed by atoms with Gasteiger partial charge in [0.15, 0.2) is 0 Å². The lowest BCUT2D eigenvalue weighted by atomic mass is 9.67. The molecule has 13 rings (SSSR count). The Hall–Kier alpha value is -8.98. The Morgan fingerprint density at radius 2 is 0.812 bits per heavy atom. The number of hydrogen-bond acceptors (Lipinski definition) is 1. The van der Waals surface area contributed by atoms with Gasteiger partial charge in [-0.15, -0.1) is 0 Å². The first-order valence-electron chi connectivity index (χ1n) is 23.8. The molecule has 0 unspecified atom stereocenters. The average Bonchev–Trinajstić information content (AvgIpc) is 3.93. The lowest BCUT2D eigenvalue weighted by Gasteiger charge is -2.35. The standard InChI is InChI=1S/C67H46N2/c1-6-21-47(22-7-1)49-37-40-54(41-38-49)69-64-44-39-51(48-23-8-2-9-24-48)45-60(64)59-33-20-36-65(66(59)69)68(63-35-19-17-31-56(63)50-25-10-3-11-26-50)55-42-43-58-57-32-16-18-34-61(57)67(62(58)46-55,52-27-12-4-13-28-52)53-29-14-5-15-30-53/h1-46H. The van der Waals surface area contributed by atoms with Crippen molar-refractivity contribution < 1.29 is 0 Å². The molecule has 0 aliphatic heterocycles. The van der Waals surface area contributed by atoms with Crippen LogP contribution >= 0.6 is 0 Å². The maximum Gasteiger partial charge on any atom is 0.0782 e. The molecule has 0 amide bonds. The van der Waals surface area contributed by atoms with Crippen LogP contribution in [0.3, 0.4) is 0 Å². The minimum Gasteiger partial charge on any atom is -0.308 e. The van der Waals surface area contributed by atoms with E-state index in [0.717, 1.165) is 44.9 Å². The summed E-state index contributed by atoms with van der Waals surface area (Å²) in [4.78, 5) is 2.53. The second kappa shape index (κ2) is 16.7. The van der Waals surface area contributed by atoms with E-state index in [1.165, 1.54) is 66.4 Å². The van der Waals surface area contributed by atoms with E-state index >= 15 is 0 Å². The molecule has 12 aromatic rings. The highest BCUT2D eigenvalue weighted by Gasteiger charge is 2.46. The molecule has 11 aromatic carbocycles. The van der Waals surface area contributed by atoms with Crippen molar-refractivity contribution in [1.82, 2.24) is 4.57 Å². The van der Waals surface area contributed by atoms with Gasteiger partial charge in [0, 0.05) is 27.7 Å². The first-order valence-corrected chi connectivity index (χ1v) is 23.8. The predicted octanol–water partition coefficient (Wildman–Crippen LogP) is 17.6. The lowest BCUT2D eigenvalue weighted by Crippen LogP contribution is -2.28. The highest BCUT2D eigenvalue weighted by molar-refractivity contribution is 6.15. The Balaban J connectivity index is 1.13. The van der Waals surface area contributed by atoms with Crippen molar-refractivity contribution in [2.24, 2.45) is 0 Å². The smallest absolute Gasteiger partial charge is 0.0782 e. The number of rotatable bonds is 9.